The Kier molecular flexibility index (Phi) is 12.0. The summed E-state index contributed by atoms with van der Waals surface area (Å²) in [6, 6.07) is 67.2. The molecule has 388 valence electrons. The minimum absolute atomic E-state index is 0.0241. The number of pyridine rings is 1. The van der Waals surface area contributed by atoms with Crippen LogP contribution in [0.1, 0.15) is 118 Å². The summed E-state index contributed by atoms with van der Waals surface area (Å²) >= 11 is 2.52. The molecule has 6 nitrogen and oxygen atoms in total. The normalized spacial score (nSPS) is 13.8. The zero-order valence-corrected chi connectivity index (χ0v) is 48.6. The summed E-state index contributed by atoms with van der Waals surface area (Å²) in [4.78, 5) is 10.0. The molecule has 0 unspecified atom stereocenters. The number of nitrogens with zero attached hydrogens (tertiary/aromatic N) is 5. The molecule has 10 aromatic rings. The number of rotatable bonds is 6. The molecule has 0 aliphatic carbocycles. The van der Waals surface area contributed by atoms with Crippen LogP contribution < -0.4 is 14.5 Å². The fraction of sp³-hybridized carbons (Fsp3) is 0.229. The molecule has 1 spiro atoms. The Morgan fingerprint density at radius 1 is 0.416 bits per heavy atom. The van der Waals surface area contributed by atoms with Crippen LogP contribution in [-0.2, 0) is 41.0 Å². The molecule has 0 bridgehead atoms. The zero-order valence-electron chi connectivity index (χ0n) is 46.4. The van der Waals surface area contributed by atoms with Gasteiger partial charge in [-0.1, -0.05) is 75.4 Å². The van der Waals surface area contributed by atoms with Crippen LogP contribution in [0.15, 0.2) is 188 Å². The number of ether oxygens (including phenoxy) is 1. The number of anilines is 6. The van der Waals surface area contributed by atoms with Crippen molar-refractivity contribution < 1.29 is 24.1 Å². The summed E-state index contributed by atoms with van der Waals surface area (Å²) in [6.07, 6.45) is 1.96. The molecule has 2 aliphatic heterocycles. The molecule has 7 heteroatoms. The van der Waals surface area contributed by atoms with Crippen LogP contribution in [0, 0.1) is 24.6 Å². The van der Waals surface area contributed by atoms with Crippen LogP contribution in [-0.4, -0.2) is 14.1 Å². The van der Waals surface area contributed by atoms with Gasteiger partial charge in [-0.05, 0) is 78.8 Å². The Hall–Kier alpha value is -7.53. The van der Waals surface area contributed by atoms with E-state index in [1.807, 2.05) is 6.20 Å². The van der Waals surface area contributed by atoms with E-state index in [9.17, 15) is 0 Å². The molecule has 0 fully saturated rings. The molecule has 0 radical (unpaired) electrons. The number of aryl methyl sites for hydroxylation is 2. The third-order valence-electron chi connectivity index (χ3n) is 16.2. The number of benzene rings is 8. The van der Waals surface area contributed by atoms with Crippen molar-refractivity contribution in [3.63, 3.8) is 0 Å². The summed E-state index contributed by atoms with van der Waals surface area (Å²) in [5.74, 6) is 2.33. The smallest absolute Gasteiger partial charge is 0.0348 e. The van der Waals surface area contributed by atoms with Gasteiger partial charge >= 0.3 is 286 Å². The summed E-state index contributed by atoms with van der Waals surface area (Å²) in [5, 5.41) is 0. The summed E-state index contributed by atoms with van der Waals surface area (Å²) in [7, 11) is 0. The van der Waals surface area contributed by atoms with E-state index in [0.29, 0.717) is 0 Å². The van der Waals surface area contributed by atoms with Crippen molar-refractivity contribution in [1.82, 2.24) is 14.1 Å². The van der Waals surface area contributed by atoms with Gasteiger partial charge in [0.1, 0.15) is 0 Å². The maximum Gasteiger partial charge on any atom is -0.0348 e. The first kappa shape index (κ1) is 50.3. The number of hydrogen-bond acceptors (Lipinski definition) is 4. The molecule has 12 rings (SSSR count). The first-order valence-electron chi connectivity index (χ1n) is 26.9. The van der Waals surface area contributed by atoms with Gasteiger partial charge in [-0.25, -0.2) is 0 Å². The molecule has 77 heavy (non-hydrogen) atoms. The second-order valence-corrected chi connectivity index (χ2v) is 25.3. The fourth-order valence-electron chi connectivity index (χ4n) is 11.9. The summed E-state index contributed by atoms with van der Waals surface area (Å²) in [6.45, 7) is 27.3. The SMILES string of the molecule is Cc1cc(N2c3ccccc3C3(c4ccccc42)c2ccccc2N(c2cc(C(C)(C)C)ccn2)c2cc(Oc4cccc(-n5[c](=[Pt])n(-c6cc(C(C)(C)C)cc(C(C)(C)C)c6)c6ccccc65)c4)ccc23)cc(C)c1C. The number of fused-ring (bicyclic) bond motifs is 9. The first-order chi connectivity index (χ1) is 36.7. The molecule has 0 atom stereocenters. The van der Waals surface area contributed by atoms with Crippen molar-refractivity contribution in [2.24, 2.45) is 0 Å². The second kappa shape index (κ2) is 18.3. The van der Waals surface area contributed by atoms with E-state index >= 15 is 0 Å². The maximum atomic E-state index is 7.15. The van der Waals surface area contributed by atoms with Gasteiger partial charge in [-0.3, -0.25) is 0 Å². The van der Waals surface area contributed by atoms with Gasteiger partial charge in [0.25, 0.3) is 0 Å². The topological polar surface area (TPSA) is 38.5 Å². The zero-order chi connectivity index (χ0) is 53.9. The van der Waals surface area contributed by atoms with Gasteiger partial charge in [0, 0.05) is 11.9 Å². The molecule has 8 aromatic carbocycles. The summed E-state index contributed by atoms with van der Waals surface area (Å²) in [5.41, 5.74) is 21.6. The number of aromatic nitrogens is 3. The quantitative estimate of drug-likeness (QED) is 0.166. The van der Waals surface area contributed by atoms with Crippen molar-refractivity contribution in [2.75, 3.05) is 9.80 Å². The Labute approximate surface area is 465 Å². The molecule has 0 amide bonds. The minimum atomic E-state index is -0.720. The Morgan fingerprint density at radius 3 is 1.47 bits per heavy atom. The van der Waals surface area contributed by atoms with Gasteiger partial charge in [0.15, 0.2) is 0 Å². The summed E-state index contributed by atoms with van der Waals surface area (Å²) < 4.78 is 13.0. The van der Waals surface area contributed by atoms with Crippen LogP contribution in [0.25, 0.3) is 22.4 Å². The monoisotopic (exact) mass is 1190 g/mol. The van der Waals surface area contributed by atoms with Crippen molar-refractivity contribution in [1.29, 1.82) is 0 Å². The Balaban J connectivity index is 1.05. The maximum absolute atomic E-state index is 7.15. The molecule has 0 saturated carbocycles. The van der Waals surface area contributed by atoms with Gasteiger partial charge in [-0.15, -0.1) is 0 Å². The predicted molar refractivity (Wildman–Crippen MR) is 315 cm³/mol. The first-order valence-corrected chi connectivity index (χ1v) is 28.1. The van der Waals surface area contributed by atoms with E-state index in [0.717, 1.165) is 77.5 Å². The van der Waals surface area contributed by atoms with Gasteiger partial charge in [-0.2, -0.15) is 0 Å². The molecule has 4 heterocycles. The van der Waals surface area contributed by atoms with Gasteiger partial charge < -0.3 is 4.90 Å². The van der Waals surface area contributed by atoms with E-state index in [1.54, 1.807) is 0 Å². The van der Waals surface area contributed by atoms with Crippen LogP contribution in [0.2, 0.25) is 0 Å². The van der Waals surface area contributed by atoms with E-state index in [4.69, 9.17) is 9.72 Å². The van der Waals surface area contributed by atoms with Crippen molar-refractivity contribution in [2.45, 2.75) is 105 Å². The number of para-hydroxylation sites is 5. The Bertz CT molecular complexity index is 3960. The van der Waals surface area contributed by atoms with E-state index in [-0.39, 0.29) is 16.2 Å². The van der Waals surface area contributed by atoms with Crippen LogP contribution in [0.5, 0.6) is 11.5 Å². The van der Waals surface area contributed by atoms with Crippen molar-refractivity contribution in [3.8, 4) is 22.9 Å². The standard InChI is InChI=1S/C70H67N5O.Pt/c1-45-36-53(37-46(2)47(45)3)74-60-27-16-13-24-56(60)70(57-25-14-17-28-61(57)74)58-26-15-18-29-62(58)75(66-41-48(34-35-71-66)67(4,5)6)65-43-55(32-33-59(65)70)76-54-23-21-22-51(42-54)72-44-73(64-31-20-19-30-63(64)72)52-39-49(68(7,8)9)38-50(40-52)69(10,11)12;/h13-43H,1-12H3;. The Morgan fingerprint density at radius 2 is 0.909 bits per heavy atom. The fourth-order valence-corrected chi connectivity index (χ4v) is 13.0. The molecule has 0 N–H and O–H groups in total. The number of imidazole rings is 1. The van der Waals surface area contributed by atoms with Crippen LogP contribution in [0.4, 0.5) is 34.3 Å². The third kappa shape index (κ3) is 8.25. The van der Waals surface area contributed by atoms with Gasteiger partial charge in [0.2, 0.25) is 0 Å². The molecule has 2 aliphatic rings. The average molecular weight is 1190 g/mol. The van der Waals surface area contributed by atoms with E-state index < -0.39 is 5.41 Å². The molecule has 0 saturated heterocycles. The molecule has 2 aromatic heterocycles. The van der Waals surface area contributed by atoms with E-state index in [1.165, 1.54) is 50.1 Å². The minimum Gasteiger partial charge on any atom is -0.0459 e. The second-order valence-electron chi connectivity index (χ2n) is 24.3. The number of hydrogen-bond donors (Lipinski definition) is 0. The van der Waals surface area contributed by atoms with Crippen molar-refractivity contribution in [3.05, 3.63) is 248 Å². The predicted octanol–water partition coefficient (Wildman–Crippen LogP) is 18.5. The molecular formula is C70H67N5OPt. The van der Waals surface area contributed by atoms with E-state index in [2.05, 4.69) is 303 Å². The van der Waals surface area contributed by atoms with Crippen LogP contribution >= 0.6 is 0 Å². The molecular weight excluding hydrogens is 1120 g/mol. The van der Waals surface area contributed by atoms with Gasteiger partial charge in [0.05, 0.1) is 11.4 Å². The largest absolute Gasteiger partial charge is 0.0459 e. The van der Waals surface area contributed by atoms with Crippen LogP contribution in [0.3, 0.4) is 0 Å². The third-order valence-corrected chi connectivity index (χ3v) is 17.2. The average Bonchev–Trinajstić information content (AvgIpc) is 3.76. The van der Waals surface area contributed by atoms with Crippen molar-refractivity contribution >= 4 is 45.3 Å².